The normalized spacial score (nSPS) is 13.6. The maximum atomic E-state index is 10.1. The first kappa shape index (κ1) is 5.80. The van der Waals surface area contributed by atoms with Gasteiger partial charge in [-0.05, 0) is 11.5 Å². The fourth-order valence-electron chi connectivity index (χ4n) is 0.235. The first-order valence-electron chi connectivity index (χ1n) is 1.69. The van der Waals surface area contributed by atoms with Gasteiger partial charge in [0.05, 0.1) is 6.20 Å². The van der Waals surface area contributed by atoms with Crippen LogP contribution in [0.4, 0.5) is 0 Å². The standard InChI is InChI=1S/C2H2N2O2S2/c5-8(6)2-1-3-4-7-2/h1H,(H,5,6). The van der Waals surface area contributed by atoms with Crippen LogP contribution in [-0.4, -0.2) is 18.3 Å². The minimum absolute atomic E-state index is 0.282. The molecule has 0 aliphatic heterocycles. The Labute approximate surface area is 52.0 Å². The van der Waals surface area contributed by atoms with Gasteiger partial charge in [-0.25, -0.2) is 4.21 Å². The number of hydrogen-bond acceptors (Lipinski definition) is 4. The molecule has 1 N–H and O–H groups in total. The smallest absolute Gasteiger partial charge is 0.200 e. The van der Waals surface area contributed by atoms with E-state index in [0.717, 1.165) is 11.5 Å². The number of hydrogen-bond donors (Lipinski definition) is 1. The van der Waals surface area contributed by atoms with Crippen molar-refractivity contribution in [2.45, 2.75) is 4.21 Å². The van der Waals surface area contributed by atoms with Crippen molar-refractivity contribution in [2.75, 3.05) is 0 Å². The predicted molar refractivity (Wildman–Crippen MR) is 28.9 cm³/mol. The van der Waals surface area contributed by atoms with Crippen molar-refractivity contribution in [1.82, 2.24) is 9.59 Å². The predicted octanol–water partition coefficient (Wildman–Crippen LogP) is 0.119. The summed E-state index contributed by atoms with van der Waals surface area (Å²) in [7, 11) is 0. The van der Waals surface area contributed by atoms with Crippen molar-refractivity contribution in [1.29, 1.82) is 0 Å². The molecule has 6 heteroatoms. The van der Waals surface area contributed by atoms with Gasteiger partial charge < -0.3 is 4.55 Å². The highest BCUT2D eigenvalue weighted by atomic mass is 32.2. The third-order valence-electron chi connectivity index (χ3n) is 0.513. The zero-order chi connectivity index (χ0) is 5.98. The van der Waals surface area contributed by atoms with E-state index in [0.29, 0.717) is 0 Å². The van der Waals surface area contributed by atoms with Gasteiger partial charge in [0.1, 0.15) is 0 Å². The lowest BCUT2D eigenvalue weighted by Crippen LogP contribution is -1.80. The molecule has 0 amide bonds. The molecule has 0 spiro atoms. The third-order valence-corrected chi connectivity index (χ3v) is 2.08. The number of nitrogens with zero attached hydrogens (tertiary/aromatic N) is 2. The molecular formula is C2H2N2O2S2. The van der Waals surface area contributed by atoms with Gasteiger partial charge in [0.25, 0.3) is 0 Å². The van der Waals surface area contributed by atoms with Crippen LogP contribution in [0.5, 0.6) is 0 Å². The first-order chi connectivity index (χ1) is 3.80. The summed E-state index contributed by atoms with van der Waals surface area (Å²) >= 11 is -0.985. The van der Waals surface area contributed by atoms with Crippen molar-refractivity contribution in [2.24, 2.45) is 0 Å². The molecule has 0 aromatic carbocycles. The summed E-state index contributed by atoms with van der Waals surface area (Å²) in [4.78, 5) is 0. The van der Waals surface area contributed by atoms with Gasteiger partial charge in [-0.2, -0.15) is 0 Å². The lowest BCUT2D eigenvalue weighted by molar-refractivity contribution is 0.566. The van der Waals surface area contributed by atoms with Gasteiger partial charge in [0.15, 0.2) is 15.3 Å². The Morgan fingerprint density at radius 3 is 2.88 bits per heavy atom. The summed E-state index contributed by atoms with van der Waals surface area (Å²) in [5, 5.41) is 3.36. The molecule has 1 aromatic heterocycles. The summed E-state index contributed by atoms with van der Waals surface area (Å²) in [5.41, 5.74) is 0. The molecule has 8 heavy (non-hydrogen) atoms. The maximum Gasteiger partial charge on any atom is 0.200 e. The molecule has 1 heterocycles. The first-order valence-corrected chi connectivity index (χ1v) is 3.57. The molecule has 1 atom stereocenters. The van der Waals surface area contributed by atoms with Crippen molar-refractivity contribution >= 4 is 22.6 Å². The molecule has 44 valence electrons. The quantitative estimate of drug-likeness (QED) is 0.577. The molecule has 1 rings (SSSR count). The highest BCUT2D eigenvalue weighted by Crippen LogP contribution is 2.04. The van der Waals surface area contributed by atoms with Crippen LogP contribution in [0, 0.1) is 0 Å². The van der Waals surface area contributed by atoms with Gasteiger partial charge in [0.2, 0.25) is 0 Å². The number of rotatable bonds is 1. The second kappa shape index (κ2) is 2.29. The van der Waals surface area contributed by atoms with Crippen LogP contribution >= 0.6 is 11.5 Å². The summed E-state index contributed by atoms with van der Waals surface area (Å²) in [6, 6.07) is 0. The topological polar surface area (TPSA) is 63.1 Å². The number of aromatic nitrogens is 2. The van der Waals surface area contributed by atoms with E-state index in [1.54, 1.807) is 0 Å². The largest absolute Gasteiger partial charge is 0.302 e. The Morgan fingerprint density at radius 2 is 2.62 bits per heavy atom. The second-order valence-electron chi connectivity index (χ2n) is 0.986. The molecule has 4 nitrogen and oxygen atoms in total. The minimum atomic E-state index is -1.90. The van der Waals surface area contributed by atoms with E-state index in [4.69, 9.17) is 4.55 Å². The van der Waals surface area contributed by atoms with Gasteiger partial charge >= 0.3 is 0 Å². The fourth-order valence-corrected chi connectivity index (χ4v) is 0.996. The Morgan fingerprint density at radius 1 is 1.88 bits per heavy atom. The molecule has 0 saturated heterocycles. The maximum absolute atomic E-state index is 10.1. The molecular weight excluding hydrogens is 148 g/mol. The van der Waals surface area contributed by atoms with E-state index < -0.39 is 11.1 Å². The second-order valence-corrected chi connectivity index (χ2v) is 2.97. The zero-order valence-corrected chi connectivity index (χ0v) is 5.28. The van der Waals surface area contributed by atoms with E-state index in [1.807, 2.05) is 0 Å². The Kier molecular flexibility index (Phi) is 1.66. The average Bonchev–Trinajstić information content (AvgIpc) is 2.12. The average molecular weight is 150 g/mol. The van der Waals surface area contributed by atoms with Crippen molar-refractivity contribution < 1.29 is 8.76 Å². The summed E-state index contributed by atoms with van der Waals surface area (Å²) in [5.74, 6) is 0. The molecule has 1 unspecified atom stereocenters. The summed E-state index contributed by atoms with van der Waals surface area (Å²) < 4.78 is 22.1. The summed E-state index contributed by atoms with van der Waals surface area (Å²) in [6.07, 6.45) is 1.26. The van der Waals surface area contributed by atoms with E-state index >= 15 is 0 Å². The van der Waals surface area contributed by atoms with Crippen LogP contribution < -0.4 is 0 Å². The monoisotopic (exact) mass is 150 g/mol. The Hall–Kier alpha value is -0.330. The van der Waals surface area contributed by atoms with Crippen molar-refractivity contribution in [3.05, 3.63) is 6.20 Å². The molecule has 0 saturated carbocycles. The molecule has 0 fully saturated rings. The van der Waals surface area contributed by atoms with Crippen molar-refractivity contribution in [3.63, 3.8) is 0 Å². The van der Waals surface area contributed by atoms with Crippen LogP contribution in [0.15, 0.2) is 10.4 Å². The van der Waals surface area contributed by atoms with Crippen LogP contribution in [0.2, 0.25) is 0 Å². The zero-order valence-electron chi connectivity index (χ0n) is 3.64. The van der Waals surface area contributed by atoms with E-state index in [1.165, 1.54) is 6.20 Å². The van der Waals surface area contributed by atoms with Crippen LogP contribution in [-0.2, 0) is 11.1 Å². The minimum Gasteiger partial charge on any atom is -0.302 e. The Bertz CT molecular complexity index is 184. The van der Waals surface area contributed by atoms with E-state index in [-0.39, 0.29) is 4.21 Å². The molecule has 0 radical (unpaired) electrons. The van der Waals surface area contributed by atoms with Gasteiger partial charge in [-0.1, -0.05) is 4.49 Å². The molecule has 0 bridgehead atoms. The van der Waals surface area contributed by atoms with Crippen LogP contribution in [0.25, 0.3) is 0 Å². The molecule has 0 aliphatic carbocycles. The fraction of sp³-hybridized carbons (Fsp3) is 0. The third kappa shape index (κ3) is 1.09. The molecule has 0 aliphatic rings. The lowest BCUT2D eigenvalue weighted by atomic mass is 11.0. The van der Waals surface area contributed by atoms with Gasteiger partial charge in [-0.3, -0.25) is 0 Å². The Balaban J connectivity index is 2.93. The highest BCUT2D eigenvalue weighted by molar-refractivity contribution is 7.81. The van der Waals surface area contributed by atoms with Crippen molar-refractivity contribution in [3.8, 4) is 0 Å². The van der Waals surface area contributed by atoms with Gasteiger partial charge in [-0.15, -0.1) is 5.10 Å². The summed E-state index contributed by atoms with van der Waals surface area (Å²) in [6.45, 7) is 0. The van der Waals surface area contributed by atoms with Gasteiger partial charge in [0, 0.05) is 0 Å². The van der Waals surface area contributed by atoms with Crippen LogP contribution in [0.3, 0.4) is 0 Å². The SMILES string of the molecule is O=S(O)c1cnns1. The van der Waals surface area contributed by atoms with E-state index in [2.05, 4.69) is 9.59 Å². The highest BCUT2D eigenvalue weighted by Gasteiger charge is 1.99. The van der Waals surface area contributed by atoms with Crippen LogP contribution in [0.1, 0.15) is 0 Å². The lowest BCUT2D eigenvalue weighted by Gasteiger charge is -1.76. The van der Waals surface area contributed by atoms with E-state index in [9.17, 15) is 4.21 Å². The molecule has 1 aromatic rings.